The average Bonchev–Trinajstić information content (AvgIpc) is 2.88. The molecule has 3 heterocycles. The van der Waals surface area contributed by atoms with Crippen molar-refractivity contribution in [2.75, 3.05) is 6.54 Å². The van der Waals surface area contributed by atoms with Crippen molar-refractivity contribution in [3.8, 4) is 0 Å². The van der Waals surface area contributed by atoms with Crippen molar-refractivity contribution >= 4 is 16.8 Å². The average molecular weight is 399 g/mol. The van der Waals surface area contributed by atoms with E-state index in [1.165, 1.54) is 0 Å². The van der Waals surface area contributed by atoms with Crippen LogP contribution in [0.1, 0.15) is 55.9 Å². The van der Waals surface area contributed by atoms with Crippen molar-refractivity contribution in [3.05, 3.63) is 46.2 Å². The number of para-hydroxylation sites is 1. The van der Waals surface area contributed by atoms with E-state index >= 15 is 0 Å². The minimum Gasteiger partial charge on any atom is -0.367 e. The number of hydrogen-bond donors (Lipinski definition) is 3. The van der Waals surface area contributed by atoms with Crippen LogP contribution in [0.4, 0.5) is 0 Å². The number of carbonyl (C=O) groups is 1. The summed E-state index contributed by atoms with van der Waals surface area (Å²) in [4.78, 5) is 28.2. The van der Waals surface area contributed by atoms with Gasteiger partial charge in [-0.25, -0.2) is 0 Å². The third-order valence-electron chi connectivity index (χ3n) is 6.30. The number of nitrogens with zero attached hydrogens (tertiary/aromatic N) is 2. The molecule has 0 unspecified atom stereocenters. The second-order valence-corrected chi connectivity index (χ2v) is 8.59. The number of aromatic nitrogens is 1. The van der Waals surface area contributed by atoms with E-state index in [0.717, 1.165) is 36.6 Å². The van der Waals surface area contributed by atoms with Gasteiger partial charge in [0.25, 0.3) is 11.5 Å². The van der Waals surface area contributed by atoms with Crippen LogP contribution in [-0.2, 0) is 0 Å². The van der Waals surface area contributed by atoms with Crippen LogP contribution < -0.4 is 10.9 Å². The Morgan fingerprint density at radius 2 is 1.83 bits per heavy atom. The Bertz CT molecular complexity index is 954. The van der Waals surface area contributed by atoms with Gasteiger partial charge in [0.1, 0.15) is 5.56 Å². The molecule has 7 nitrogen and oxygen atoms in total. The third kappa shape index (κ3) is 3.82. The van der Waals surface area contributed by atoms with Crippen molar-refractivity contribution in [3.63, 3.8) is 0 Å². The number of benzene rings is 1. The summed E-state index contributed by atoms with van der Waals surface area (Å²) in [6.07, 6.45) is 2.19. The first-order valence-corrected chi connectivity index (χ1v) is 10.4. The molecule has 1 aromatic carbocycles. The molecule has 1 aromatic heterocycles. The quantitative estimate of drug-likeness (QED) is 0.664. The lowest BCUT2D eigenvalue weighted by Gasteiger charge is -2.39. The lowest BCUT2D eigenvalue weighted by Crippen LogP contribution is -2.52. The van der Waals surface area contributed by atoms with Gasteiger partial charge in [-0.15, -0.1) is 0 Å². The topological polar surface area (TPSA) is 94.8 Å². The molecule has 4 rings (SSSR count). The highest BCUT2D eigenvalue weighted by atomic mass is 16.5. The molecule has 0 radical (unpaired) electrons. The number of rotatable bonds is 5. The largest absolute Gasteiger partial charge is 0.367 e. The molecule has 2 bridgehead atoms. The molecular formula is C22H29N3O4. The number of amides is 1. The van der Waals surface area contributed by atoms with Crippen LogP contribution >= 0.6 is 0 Å². The second kappa shape index (κ2) is 7.89. The summed E-state index contributed by atoms with van der Waals surface area (Å²) in [5.41, 5.74) is 0.746. The fraction of sp³-hybridized carbons (Fsp3) is 0.545. The molecule has 2 saturated heterocycles. The first-order valence-electron chi connectivity index (χ1n) is 10.4. The number of hydrogen-bond acceptors (Lipinski definition) is 5. The maximum atomic E-state index is 13.1. The Hall–Kier alpha value is -2.22. The molecule has 3 N–H and O–H groups in total. The molecule has 7 heteroatoms. The number of piperidine rings is 1. The molecule has 0 aliphatic carbocycles. The zero-order chi connectivity index (χ0) is 20.7. The maximum absolute atomic E-state index is 13.1. The van der Waals surface area contributed by atoms with Crippen LogP contribution in [0.15, 0.2) is 35.1 Å². The number of nitrogens with one attached hydrogen (secondary N) is 1. The van der Waals surface area contributed by atoms with E-state index in [-0.39, 0.29) is 47.7 Å². The standard InChI is InChI=1S/C22H29N3O4/c1-13(2)25-19-6-4-3-5-14(19)9-18(22(25)29)21(28)23-15-10-16-7-8-17(11-15)24(16)12-20(26)27/h3-6,9,13,15-17,20,26-27H,7-8,10-12H2,1-2H3,(H,23,28)/t15-,16-,17+. The zero-order valence-electron chi connectivity index (χ0n) is 16.9. The Labute approximate surface area is 169 Å². The highest BCUT2D eigenvalue weighted by molar-refractivity contribution is 5.97. The maximum Gasteiger partial charge on any atom is 0.264 e. The van der Waals surface area contributed by atoms with Gasteiger partial charge in [0.2, 0.25) is 0 Å². The number of aliphatic hydroxyl groups excluding tert-OH is 1. The first kappa shape index (κ1) is 20.1. The molecule has 2 aliphatic rings. The van der Waals surface area contributed by atoms with Gasteiger partial charge in [-0.05, 0) is 57.0 Å². The van der Waals surface area contributed by atoms with Gasteiger partial charge in [0.15, 0.2) is 6.29 Å². The fourth-order valence-electron chi connectivity index (χ4n) is 5.10. The highest BCUT2D eigenvalue weighted by Crippen LogP contribution is 2.35. The summed E-state index contributed by atoms with van der Waals surface area (Å²) in [6, 6.07) is 9.74. The molecule has 2 aromatic rings. The zero-order valence-corrected chi connectivity index (χ0v) is 16.9. The Kier molecular flexibility index (Phi) is 5.46. The van der Waals surface area contributed by atoms with E-state index in [1.807, 2.05) is 38.1 Å². The van der Waals surface area contributed by atoms with Crippen molar-refractivity contribution in [2.45, 2.75) is 70.0 Å². The molecule has 1 amide bonds. The Morgan fingerprint density at radius 3 is 2.45 bits per heavy atom. The van der Waals surface area contributed by atoms with Crippen molar-refractivity contribution in [1.82, 2.24) is 14.8 Å². The van der Waals surface area contributed by atoms with E-state index in [1.54, 1.807) is 10.6 Å². The Balaban J connectivity index is 1.56. The summed E-state index contributed by atoms with van der Waals surface area (Å²) in [7, 11) is 0. The predicted molar refractivity (Wildman–Crippen MR) is 111 cm³/mol. The molecule has 29 heavy (non-hydrogen) atoms. The molecule has 0 saturated carbocycles. The minimum absolute atomic E-state index is 0.00884. The lowest BCUT2D eigenvalue weighted by atomic mass is 9.96. The van der Waals surface area contributed by atoms with Crippen LogP contribution in [0, 0.1) is 0 Å². The fourth-order valence-corrected chi connectivity index (χ4v) is 5.10. The predicted octanol–water partition coefficient (Wildman–Crippen LogP) is 1.62. The summed E-state index contributed by atoms with van der Waals surface area (Å²) < 4.78 is 1.68. The van der Waals surface area contributed by atoms with Gasteiger partial charge >= 0.3 is 0 Å². The van der Waals surface area contributed by atoms with Crippen LogP contribution in [0.25, 0.3) is 10.9 Å². The SMILES string of the molecule is CC(C)n1c(=O)c(C(=O)N[C@@H]2C[C@H]3CC[C@@H](C2)N3CC(O)O)cc2ccccc21. The molecular weight excluding hydrogens is 370 g/mol. The van der Waals surface area contributed by atoms with Gasteiger partial charge in [-0.3, -0.25) is 14.5 Å². The van der Waals surface area contributed by atoms with Crippen LogP contribution in [0.5, 0.6) is 0 Å². The van der Waals surface area contributed by atoms with E-state index < -0.39 is 6.29 Å². The van der Waals surface area contributed by atoms with Crippen molar-refractivity contribution < 1.29 is 15.0 Å². The van der Waals surface area contributed by atoms with Gasteiger partial charge in [-0.1, -0.05) is 18.2 Å². The summed E-state index contributed by atoms with van der Waals surface area (Å²) in [5.74, 6) is -0.324. The summed E-state index contributed by atoms with van der Waals surface area (Å²) in [6.45, 7) is 4.14. The van der Waals surface area contributed by atoms with Gasteiger partial charge in [0, 0.05) is 30.7 Å². The van der Waals surface area contributed by atoms with Gasteiger partial charge < -0.3 is 20.1 Å². The Morgan fingerprint density at radius 1 is 1.17 bits per heavy atom. The lowest BCUT2D eigenvalue weighted by molar-refractivity contribution is -0.0759. The van der Waals surface area contributed by atoms with Crippen LogP contribution in [0.2, 0.25) is 0 Å². The van der Waals surface area contributed by atoms with E-state index in [2.05, 4.69) is 10.2 Å². The number of carbonyl (C=O) groups excluding carboxylic acids is 1. The number of pyridine rings is 1. The van der Waals surface area contributed by atoms with E-state index in [9.17, 15) is 19.8 Å². The normalized spacial score (nSPS) is 24.6. The summed E-state index contributed by atoms with van der Waals surface area (Å²) in [5, 5.41) is 22.6. The van der Waals surface area contributed by atoms with Gasteiger partial charge in [-0.2, -0.15) is 0 Å². The molecule has 0 spiro atoms. The second-order valence-electron chi connectivity index (χ2n) is 8.59. The molecule has 2 fully saturated rings. The molecule has 3 atom stereocenters. The molecule has 156 valence electrons. The van der Waals surface area contributed by atoms with E-state index in [4.69, 9.17) is 0 Å². The third-order valence-corrected chi connectivity index (χ3v) is 6.30. The smallest absolute Gasteiger partial charge is 0.264 e. The van der Waals surface area contributed by atoms with Crippen molar-refractivity contribution in [2.24, 2.45) is 0 Å². The minimum atomic E-state index is -1.34. The molecule has 2 aliphatic heterocycles. The van der Waals surface area contributed by atoms with E-state index in [0.29, 0.717) is 0 Å². The van der Waals surface area contributed by atoms with Crippen molar-refractivity contribution in [1.29, 1.82) is 0 Å². The number of fused-ring (bicyclic) bond motifs is 3. The van der Waals surface area contributed by atoms with Crippen LogP contribution in [0.3, 0.4) is 0 Å². The van der Waals surface area contributed by atoms with Crippen LogP contribution in [-0.4, -0.2) is 56.5 Å². The number of aliphatic hydroxyl groups is 2. The summed E-state index contributed by atoms with van der Waals surface area (Å²) >= 11 is 0. The first-order chi connectivity index (χ1) is 13.8. The van der Waals surface area contributed by atoms with Gasteiger partial charge in [0.05, 0.1) is 5.52 Å². The highest BCUT2D eigenvalue weighted by Gasteiger charge is 2.41. The monoisotopic (exact) mass is 399 g/mol.